The van der Waals surface area contributed by atoms with E-state index in [0.717, 1.165) is 84.4 Å². The Morgan fingerprint density at radius 3 is 2.41 bits per heavy atom. The lowest BCUT2D eigenvalue weighted by Gasteiger charge is -2.29. The third-order valence-electron chi connectivity index (χ3n) is 5.57. The normalized spacial score (nSPS) is 20.0. The van der Waals surface area contributed by atoms with Gasteiger partial charge in [0.25, 0.3) is 0 Å². The van der Waals surface area contributed by atoms with Gasteiger partial charge in [0, 0.05) is 52.4 Å². The predicted molar refractivity (Wildman–Crippen MR) is 117 cm³/mol. The van der Waals surface area contributed by atoms with Crippen LogP contribution in [0.25, 0.3) is 0 Å². The molecule has 7 heteroatoms. The quantitative estimate of drug-likeness (QED) is 0.445. The molecule has 2 saturated heterocycles. The molecule has 3 rings (SSSR count). The molecular weight excluding hydrogens is 366 g/mol. The molecule has 2 heterocycles. The molecule has 2 fully saturated rings. The summed E-state index contributed by atoms with van der Waals surface area (Å²) in [6, 6.07) is 8.76. The van der Waals surface area contributed by atoms with Crippen LogP contribution in [0.3, 0.4) is 0 Å². The van der Waals surface area contributed by atoms with Crippen molar-refractivity contribution in [3.63, 3.8) is 0 Å². The SMILES string of the molecule is CCNC(=NCc1ccc(CN2CCC(O)CC2)cc1)NCCN1CCOCC1. The molecule has 0 aliphatic carbocycles. The van der Waals surface area contributed by atoms with E-state index < -0.39 is 0 Å². The van der Waals surface area contributed by atoms with Crippen molar-refractivity contribution >= 4 is 5.96 Å². The van der Waals surface area contributed by atoms with Gasteiger partial charge in [-0.05, 0) is 30.9 Å². The maximum absolute atomic E-state index is 9.64. The molecule has 0 bridgehead atoms. The molecule has 7 nitrogen and oxygen atoms in total. The average Bonchev–Trinajstić information content (AvgIpc) is 2.75. The van der Waals surface area contributed by atoms with Crippen molar-refractivity contribution in [1.82, 2.24) is 20.4 Å². The number of ether oxygens (including phenoxy) is 1. The van der Waals surface area contributed by atoms with Gasteiger partial charge >= 0.3 is 0 Å². The van der Waals surface area contributed by atoms with Gasteiger partial charge in [-0.2, -0.15) is 0 Å². The topological polar surface area (TPSA) is 72.4 Å². The molecule has 3 N–H and O–H groups in total. The molecule has 2 aliphatic rings. The first-order valence-electron chi connectivity index (χ1n) is 11.0. The van der Waals surface area contributed by atoms with Gasteiger partial charge in [-0.25, -0.2) is 4.99 Å². The van der Waals surface area contributed by atoms with Crippen LogP contribution in [0.2, 0.25) is 0 Å². The van der Waals surface area contributed by atoms with Crippen LogP contribution in [-0.4, -0.2) is 86.0 Å². The number of nitrogens with zero attached hydrogens (tertiary/aromatic N) is 3. The van der Waals surface area contributed by atoms with Crippen molar-refractivity contribution in [3.8, 4) is 0 Å². The highest BCUT2D eigenvalue weighted by atomic mass is 16.5. The summed E-state index contributed by atoms with van der Waals surface area (Å²) in [6.07, 6.45) is 1.66. The molecule has 0 unspecified atom stereocenters. The summed E-state index contributed by atoms with van der Waals surface area (Å²) in [5, 5.41) is 16.4. The Labute approximate surface area is 175 Å². The van der Waals surface area contributed by atoms with Crippen molar-refractivity contribution in [1.29, 1.82) is 0 Å². The molecule has 0 spiro atoms. The van der Waals surface area contributed by atoms with E-state index >= 15 is 0 Å². The van der Waals surface area contributed by atoms with Crippen LogP contribution in [0.4, 0.5) is 0 Å². The molecular formula is C22H37N5O2. The van der Waals surface area contributed by atoms with Crippen LogP contribution in [0.15, 0.2) is 29.3 Å². The smallest absolute Gasteiger partial charge is 0.191 e. The summed E-state index contributed by atoms with van der Waals surface area (Å²) in [5.74, 6) is 0.872. The monoisotopic (exact) mass is 403 g/mol. The van der Waals surface area contributed by atoms with Gasteiger partial charge < -0.3 is 20.5 Å². The van der Waals surface area contributed by atoms with Crippen molar-refractivity contribution in [3.05, 3.63) is 35.4 Å². The van der Waals surface area contributed by atoms with Crippen LogP contribution in [0.5, 0.6) is 0 Å². The molecule has 0 radical (unpaired) electrons. The van der Waals surface area contributed by atoms with E-state index in [1.807, 2.05) is 0 Å². The summed E-state index contributed by atoms with van der Waals surface area (Å²) in [6.45, 7) is 12.1. The lowest BCUT2D eigenvalue weighted by atomic mass is 10.1. The number of morpholine rings is 1. The highest BCUT2D eigenvalue weighted by molar-refractivity contribution is 5.79. The second kappa shape index (κ2) is 12.1. The Kier molecular flexibility index (Phi) is 9.21. The fourth-order valence-corrected chi connectivity index (χ4v) is 3.76. The maximum atomic E-state index is 9.64. The van der Waals surface area contributed by atoms with Crippen LogP contribution in [0, 0.1) is 0 Å². The molecule has 0 aromatic heterocycles. The fourth-order valence-electron chi connectivity index (χ4n) is 3.76. The Bertz CT molecular complexity index is 608. The van der Waals surface area contributed by atoms with Gasteiger partial charge in [-0.1, -0.05) is 24.3 Å². The van der Waals surface area contributed by atoms with Crippen molar-refractivity contribution in [2.75, 3.05) is 59.0 Å². The van der Waals surface area contributed by atoms with Gasteiger partial charge in [-0.3, -0.25) is 9.80 Å². The van der Waals surface area contributed by atoms with E-state index in [-0.39, 0.29) is 6.10 Å². The number of rotatable bonds is 8. The van der Waals surface area contributed by atoms with E-state index in [0.29, 0.717) is 6.54 Å². The minimum atomic E-state index is -0.111. The van der Waals surface area contributed by atoms with Gasteiger partial charge in [0.1, 0.15) is 0 Å². The molecule has 29 heavy (non-hydrogen) atoms. The minimum absolute atomic E-state index is 0.111. The first kappa shape index (κ1) is 22.0. The summed E-state index contributed by atoms with van der Waals surface area (Å²) in [5.41, 5.74) is 2.54. The number of hydrogen-bond acceptors (Lipinski definition) is 5. The summed E-state index contributed by atoms with van der Waals surface area (Å²) >= 11 is 0. The zero-order valence-electron chi connectivity index (χ0n) is 17.8. The second-order valence-electron chi connectivity index (χ2n) is 7.90. The van der Waals surface area contributed by atoms with E-state index in [2.05, 4.69) is 51.6 Å². The zero-order chi connectivity index (χ0) is 20.3. The number of aliphatic imine (C=N–C) groups is 1. The van der Waals surface area contributed by atoms with Gasteiger partial charge in [0.15, 0.2) is 5.96 Å². The lowest BCUT2D eigenvalue weighted by Crippen LogP contribution is -2.44. The number of likely N-dealkylation sites (tertiary alicyclic amines) is 1. The van der Waals surface area contributed by atoms with Crippen LogP contribution >= 0.6 is 0 Å². The van der Waals surface area contributed by atoms with E-state index in [1.54, 1.807) is 0 Å². The van der Waals surface area contributed by atoms with E-state index in [1.165, 1.54) is 11.1 Å². The molecule has 0 saturated carbocycles. The Balaban J connectivity index is 1.43. The number of aliphatic hydroxyl groups is 1. The van der Waals surface area contributed by atoms with Gasteiger partial charge in [-0.15, -0.1) is 0 Å². The van der Waals surface area contributed by atoms with Crippen molar-refractivity contribution < 1.29 is 9.84 Å². The highest BCUT2D eigenvalue weighted by Crippen LogP contribution is 2.14. The summed E-state index contributed by atoms with van der Waals surface area (Å²) in [7, 11) is 0. The fraction of sp³-hybridized carbons (Fsp3) is 0.682. The third kappa shape index (κ3) is 7.93. The highest BCUT2D eigenvalue weighted by Gasteiger charge is 2.16. The minimum Gasteiger partial charge on any atom is -0.393 e. The Morgan fingerprint density at radius 1 is 1.03 bits per heavy atom. The molecule has 1 aromatic carbocycles. The Hall–Kier alpha value is -1.67. The first-order chi connectivity index (χ1) is 14.2. The predicted octanol–water partition coefficient (Wildman–Crippen LogP) is 1.03. The van der Waals surface area contributed by atoms with Gasteiger partial charge in [0.2, 0.25) is 0 Å². The molecule has 162 valence electrons. The number of nitrogens with one attached hydrogen (secondary N) is 2. The third-order valence-corrected chi connectivity index (χ3v) is 5.57. The Morgan fingerprint density at radius 2 is 1.72 bits per heavy atom. The molecule has 2 aliphatic heterocycles. The number of aliphatic hydroxyl groups excluding tert-OH is 1. The largest absolute Gasteiger partial charge is 0.393 e. The maximum Gasteiger partial charge on any atom is 0.191 e. The zero-order valence-corrected chi connectivity index (χ0v) is 17.8. The molecule has 1 aromatic rings. The average molecular weight is 404 g/mol. The van der Waals surface area contributed by atoms with Crippen molar-refractivity contribution in [2.24, 2.45) is 4.99 Å². The van der Waals surface area contributed by atoms with Crippen LogP contribution in [-0.2, 0) is 17.8 Å². The first-order valence-corrected chi connectivity index (χ1v) is 11.0. The molecule has 0 amide bonds. The van der Waals surface area contributed by atoms with E-state index in [4.69, 9.17) is 9.73 Å². The number of piperidine rings is 1. The van der Waals surface area contributed by atoms with Crippen molar-refractivity contribution in [2.45, 2.75) is 39.0 Å². The van der Waals surface area contributed by atoms with E-state index in [9.17, 15) is 5.11 Å². The lowest BCUT2D eigenvalue weighted by molar-refractivity contribution is 0.0389. The summed E-state index contributed by atoms with van der Waals surface area (Å²) < 4.78 is 5.40. The van der Waals surface area contributed by atoms with Crippen LogP contribution in [0.1, 0.15) is 30.9 Å². The second-order valence-corrected chi connectivity index (χ2v) is 7.90. The standard InChI is InChI=1S/C22H37N5O2/c1-2-23-22(24-9-12-26-13-15-29-16-14-26)25-17-19-3-5-20(6-4-19)18-27-10-7-21(28)8-11-27/h3-6,21,28H,2,7-18H2,1H3,(H2,23,24,25). The number of benzene rings is 1. The molecule has 0 atom stereocenters. The van der Waals surface area contributed by atoms with Gasteiger partial charge in [0.05, 0.1) is 25.9 Å². The number of guanidine groups is 1. The number of hydrogen-bond donors (Lipinski definition) is 3. The van der Waals surface area contributed by atoms with Crippen LogP contribution < -0.4 is 10.6 Å². The summed E-state index contributed by atoms with van der Waals surface area (Å²) in [4.78, 5) is 9.57.